The van der Waals surface area contributed by atoms with Crippen molar-refractivity contribution in [1.29, 1.82) is 0 Å². The minimum Gasteiger partial charge on any atom is -0.396 e. The third-order valence-electron chi connectivity index (χ3n) is 7.00. The molecule has 5 rings (SSSR count). The van der Waals surface area contributed by atoms with Gasteiger partial charge in [0.1, 0.15) is 5.69 Å². The largest absolute Gasteiger partial charge is 0.396 e. The van der Waals surface area contributed by atoms with Gasteiger partial charge in [0.05, 0.1) is 22.4 Å². The average Bonchev–Trinajstić information content (AvgIpc) is 3.41. The molecule has 0 unspecified atom stereocenters. The Labute approximate surface area is 167 Å². The predicted molar refractivity (Wildman–Crippen MR) is 105 cm³/mol. The van der Waals surface area contributed by atoms with E-state index in [4.69, 9.17) is 0 Å². The number of benzene rings is 1. The lowest BCUT2D eigenvalue weighted by Gasteiger charge is -2.33. The van der Waals surface area contributed by atoms with Gasteiger partial charge in [-0.05, 0) is 49.1 Å². The maximum Gasteiger partial charge on any atom is 0.294 e. The Morgan fingerprint density at radius 2 is 1.83 bits per heavy atom. The van der Waals surface area contributed by atoms with E-state index in [1.54, 1.807) is 12.1 Å². The number of anilines is 2. The number of rotatable bonds is 4. The van der Waals surface area contributed by atoms with Crippen LogP contribution in [0.3, 0.4) is 0 Å². The number of amides is 2. The van der Waals surface area contributed by atoms with E-state index in [0.29, 0.717) is 18.8 Å². The minimum atomic E-state index is -0.460. The van der Waals surface area contributed by atoms with Gasteiger partial charge in [-0.25, -0.2) is 4.90 Å². The topological polar surface area (TPSA) is 104 Å². The summed E-state index contributed by atoms with van der Waals surface area (Å²) in [5, 5.41) is 21.2. The number of aliphatic hydroxyl groups excluding tert-OH is 1. The first-order valence-corrected chi connectivity index (χ1v) is 10.2. The zero-order valence-electron chi connectivity index (χ0n) is 15.9. The summed E-state index contributed by atoms with van der Waals surface area (Å²) in [7, 11) is 0. The normalized spacial score (nSPS) is 32.9. The fraction of sp³-hybridized carbons (Fsp3) is 0.524. The van der Waals surface area contributed by atoms with E-state index in [2.05, 4.69) is 0 Å². The van der Waals surface area contributed by atoms with E-state index in [1.807, 2.05) is 17.1 Å². The van der Waals surface area contributed by atoms with Gasteiger partial charge in [-0.3, -0.25) is 19.7 Å². The molecule has 2 aliphatic carbocycles. The molecule has 4 aliphatic rings. The Bertz CT molecular complexity index is 899. The number of allylic oxidation sites excluding steroid dienone is 2. The molecule has 8 heteroatoms. The molecule has 0 spiro atoms. The lowest BCUT2D eigenvalue weighted by molar-refractivity contribution is -0.384. The third kappa shape index (κ3) is 2.69. The molecule has 5 atom stereocenters. The Morgan fingerprint density at radius 3 is 2.45 bits per heavy atom. The number of imide groups is 1. The smallest absolute Gasteiger partial charge is 0.294 e. The Kier molecular flexibility index (Phi) is 4.20. The van der Waals surface area contributed by atoms with Crippen LogP contribution in [-0.4, -0.2) is 41.5 Å². The summed E-state index contributed by atoms with van der Waals surface area (Å²) in [6.45, 7) is 1.28. The summed E-state index contributed by atoms with van der Waals surface area (Å²) in [5.74, 6) is -0.845. The zero-order chi connectivity index (χ0) is 20.3. The molecule has 0 radical (unpaired) electrons. The number of hydrogen-bond donors (Lipinski definition) is 1. The third-order valence-corrected chi connectivity index (χ3v) is 7.00. The number of hydrogen-bond acceptors (Lipinski definition) is 6. The number of aliphatic hydroxyl groups is 1. The van der Waals surface area contributed by atoms with E-state index in [-0.39, 0.29) is 59.4 Å². The molecule has 2 heterocycles. The fourth-order valence-corrected chi connectivity index (χ4v) is 5.65. The first-order valence-electron chi connectivity index (χ1n) is 10.2. The minimum absolute atomic E-state index is 0.0539. The lowest BCUT2D eigenvalue weighted by atomic mass is 9.85. The van der Waals surface area contributed by atoms with E-state index in [0.717, 1.165) is 24.2 Å². The molecular formula is C21H23N3O5. The zero-order valence-corrected chi connectivity index (χ0v) is 15.9. The van der Waals surface area contributed by atoms with Crippen LogP contribution in [-0.2, 0) is 9.59 Å². The molecule has 1 N–H and O–H groups in total. The molecule has 152 valence electrons. The van der Waals surface area contributed by atoms with Gasteiger partial charge < -0.3 is 10.0 Å². The molecule has 0 aromatic heterocycles. The number of nitro groups is 1. The van der Waals surface area contributed by atoms with E-state index >= 15 is 0 Å². The van der Waals surface area contributed by atoms with Crippen LogP contribution in [0.4, 0.5) is 17.1 Å². The van der Waals surface area contributed by atoms with Crippen LogP contribution in [0.25, 0.3) is 0 Å². The van der Waals surface area contributed by atoms with Gasteiger partial charge in [-0.2, -0.15) is 0 Å². The molecule has 2 bridgehead atoms. The van der Waals surface area contributed by atoms with Crippen molar-refractivity contribution >= 4 is 28.9 Å². The number of piperidine rings is 1. The lowest BCUT2D eigenvalue weighted by Crippen LogP contribution is -2.37. The second-order valence-electron chi connectivity index (χ2n) is 8.58. The van der Waals surface area contributed by atoms with E-state index in [1.165, 1.54) is 6.07 Å². The van der Waals surface area contributed by atoms with E-state index < -0.39 is 4.92 Å². The van der Waals surface area contributed by atoms with Crippen molar-refractivity contribution in [3.8, 4) is 0 Å². The number of nitro benzene ring substituents is 1. The highest BCUT2D eigenvalue weighted by Crippen LogP contribution is 2.53. The van der Waals surface area contributed by atoms with Crippen LogP contribution in [0.5, 0.6) is 0 Å². The highest BCUT2D eigenvalue weighted by molar-refractivity contribution is 6.23. The molecule has 2 saturated heterocycles. The monoisotopic (exact) mass is 397 g/mol. The molecular weight excluding hydrogens is 374 g/mol. The molecule has 3 fully saturated rings. The molecule has 1 aromatic carbocycles. The molecule has 29 heavy (non-hydrogen) atoms. The quantitative estimate of drug-likeness (QED) is 0.361. The number of carbonyl (C=O) groups is 2. The first kappa shape index (κ1) is 18.3. The van der Waals surface area contributed by atoms with Gasteiger partial charge in [-0.1, -0.05) is 12.2 Å². The molecule has 8 nitrogen and oxygen atoms in total. The van der Waals surface area contributed by atoms with Crippen LogP contribution >= 0.6 is 0 Å². The summed E-state index contributed by atoms with van der Waals surface area (Å²) < 4.78 is 0. The summed E-state index contributed by atoms with van der Waals surface area (Å²) in [5.41, 5.74) is 0.637. The van der Waals surface area contributed by atoms with Crippen LogP contribution < -0.4 is 9.80 Å². The second kappa shape index (κ2) is 6.66. The van der Waals surface area contributed by atoms with Crippen molar-refractivity contribution in [3.05, 3.63) is 40.5 Å². The van der Waals surface area contributed by atoms with Crippen molar-refractivity contribution in [2.24, 2.45) is 29.6 Å². The summed E-state index contributed by atoms with van der Waals surface area (Å²) in [6, 6.07) is 4.62. The van der Waals surface area contributed by atoms with Crippen molar-refractivity contribution in [1.82, 2.24) is 0 Å². The summed E-state index contributed by atoms with van der Waals surface area (Å²) >= 11 is 0. The van der Waals surface area contributed by atoms with Crippen molar-refractivity contribution < 1.29 is 19.6 Å². The Hall–Kier alpha value is -2.74. The van der Waals surface area contributed by atoms with Crippen molar-refractivity contribution in [2.75, 3.05) is 29.5 Å². The number of fused-ring (bicyclic) bond motifs is 5. The second-order valence-corrected chi connectivity index (χ2v) is 8.58. The maximum atomic E-state index is 13.0. The maximum absolute atomic E-state index is 13.0. The predicted octanol–water partition coefficient (Wildman–Crippen LogP) is 2.12. The van der Waals surface area contributed by atoms with E-state index in [9.17, 15) is 24.8 Å². The highest BCUT2D eigenvalue weighted by Gasteiger charge is 2.59. The van der Waals surface area contributed by atoms with Crippen LogP contribution in [0.2, 0.25) is 0 Å². The molecule has 2 amide bonds. The Morgan fingerprint density at radius 1 is 1.14 bits per heavy atom. The molecule has 2 aliphatic heterocycles. The van der Waals surface area contributed by atoms with Crippen LogP contribution in [0, 0.1) is 39.7 Å². The van der Waals surface area contributed by atoms with Gasteiger partial charge >= 0.3 is 0 Å². The van der Waals surface area contributed by atoms with Gasteiger partial charge in [0.25, 0.3) is 5.69 Å². The SMILES string of the molecule is O=C1[C@@H]2[C@H](C(=O)N1c1ccc(N3CCC[C@@H](CO)C3)c([N+](=O)[O-])c1)[C@H]1C=C[C@H]2C1. The summed E-state index contributed by atoms with van der Waals surface area (Å²) in [6.07, 6.45) is 6.65. The van der Waals surface area contributed by atoms with Crippen molar-refractivity contribution in [2.45, 2.75) is 19.3 Å². The molecule has 1 aromatic rings. The van der Waals surface area contributed by atoms with Gasteiger partial charge in [-0.15, -0.1) is 0 Å². The van der Waals surface area contributed by atoms with Gasteiger partial charge in [0.15, 0.2) is 0 Å². The average molecular weight is 397 g/mol. The fourth-order valence-electron chi connectivity index (χ4n) is 5.65. The highest BCUT2D eigenvalue weighted by atomic mass is 16.6. The Balaban J connectivity index is 1.48. The number of nitrogens with zero attached hydrogens (tertiary/aromatic N) is 3. The standard InChI is InChI=1S/C21H23N3O5/c25-11-12-2-1-7-22(10-12)16-6-5-15(9-17(16)24(28)29)23-20(26)18-13-3-4-14(8-13)19(18)21(23)27/h3-6,9,12-14,18-19,25H,1-2,7-8,10-11H2/t12-,13+,14+,18-,19+/m1/s1. The van der Waals surface area contributed by atoms with Crippen LogP contribution in [0.1, 0.15) is 19.3 Å². The van der Waals surface area contributed by atoms with Crippen LogP contribution in [0.15, 0.2) is 30.4 Å². The van der Waals surface area contributed by atoms with Crippen molar-refractivity contribution in [3.63, 3.8) is 0 Å². The first-order chi connectivity index (χ1) is 14.0. The van der Waals surface area contributed by atoms with Gasteiger partial charge in [0, 0.05) is 25.8 Å². The molecule has 1 saturated carbocycles. The number of carbonyl (C=O) groups excluding carboxylic acids is 2. The summed E-state index contributed by atoms with van der Waals surface area (Å²) in [4.78, 5) is 40.4. The van der Waals surface area contributed by atoms with Gasteiger partial charge in [0.2, 0.25) is 11.8 Å².